The molecule has 0 saturated heterocycles. The molecule has 0 bridgehead atoms. The number of nitrogens with one attached hydrogen (secondary N) is 1. The molecule has 1 N–H and O–H groups in total. The summed E-state index contributed by atoms with van der Waals surface area (Å²) in [4.78, 5) is 25.6. The second-order valence-electron chi connectivity index (χ2n) is 6.20. The van der Waals surface area contributed by atoms with Gasteiger partial charge in [0, 0.05) is 36.7 Å². The molecule has 136 valence electrons. The van der Waals surface area contributed by atoms with Gasteiger partial charge in [0.05, 0.1) is 12.0 Å². The first-order valence-corrected chi connectivity index (χ1v) is 9.34. The van der Waals surface area contributed by atoms with Crippen molar-refractivity contribution in [3.63, 3.8) is 0 Å². The summed E-state index contributed by atoms with van der Waals surface area (Å²) in [7, 11) is 1.61. The molecule has 0 atom stereocenters. The van der Waals surface area contributed by atoms with Gasteiger partial charge in [0.15, 0.2) is 0 Å². The Bertz CT molecular complexity index is 938. The molecule has 3 aromatic rings. The Balaban J connectivity index is 1.80. The number of ketones is 1. The van der Waals surface area contributed by atoms with Gasteiger partial charge in [-0.1, -0.05) is 0 Å². The summed E-state index contributed by atoms with van der Waals surface area (Å²) < 4.78 is 7.36. The van der Waals surface area contributed by atoms with Gasteiger partial charge >= 0.3 is 0 Å². The van der Waals surface area contributed by atoms with Crippen LogP contribution >= 0.6 is 11.3 Å². The predicted octanol–water partition coefficient (Wildman–Crippen LogP) is 3.78. The third kappa shape index (κ3) is 3.80. The van der Waals surface area contributed by atoms with Gasteiger partial charge in [0.1, 0.15) is 10.6 Å². The Hall–Kier alpha value is -2.60. The molecule has 0 aliphatic rings. The summed E-state index contributed by atoms with van der Waals surface area (Å²) in [6, 6.07) is 11.2. The van der Waals surface area contributed by atoms with Gasteiger partial charge in [-0.25, -0.2) is 0 Å². The molecule has 0 aliphatic carbocycles. The van der Waals surface area contributed by atoms with Crippen LogP contribution in [-0.4, -0.2) is 29.9 Å². The minimum atomic E-state index is -0.0112. The highest BCUT2D eigenvalue weighted by Gasteiger charge is 2.16. The summed E-state index contributed by atoms with van der Waals surface area (Å²) in [6.45, 7) is 5.05. The van der Waals surface area contributed by atoms with Crippen molar-refractivity contribution < 1.29 is 14.3 Å². The molecule has 0 radical (unpaired) electrons. The molecule has 0 fully saturated rings. The summed E-state index contributed by atoms with van der Waals surface area (Å²) >= 11 is 1.52. The van der Waals surface area contributed by atoms with E-state index in [0.29, 0.717) is 12.1 Å². The van der Waals surface area contributed by atoms with E-state index in [1.165, 1.54) is 18.3 Å². The monoisotopic (exact) mass is 370 g/mol. The van der Waals surface area contributed by atoms with E-state index in [1.807, 2.05) is 6.07 Å². The van der Waals surface area contributed by atoms with Crippen LogP contribution in [0, 0.1) is 6.92 Å². The van der Waals surface area contributed by atoms with Gasteiger partial charge in [-0.3, -0.25) is 9.59 Å². The van der Waals surface area contributed by atoms with E-state index >= 15 is 0 Å². The zero-order chi connectivity index (χ0) is 18.7. The summed E-state index contributed by atoms with van der Waals surface area (Å²) in [6.07, 6.45) is 0.851. The number of aryl methyl sites for hydroxylation is 2. The average molecular weight is 370 g/mol. The van der Waals surface area contributed by atoms with Gasteiger partial charge in [-0.15, -0.1) is 11.3 Å². The van der Waals surface area contributed by atoms with E-state index in [0.717, 1.165) is 39.5 Å². The Kier molecular flexibility index (Phi) is 5.42. The number of carbonyl (C=O) groups is 2. The molecule has 0 aliphatic heterocycles. The number of ether oxygens (including phenoxy) is 1. The lowest BCUT2D eigenvalue weighted by molar-refractivity contribution is -0.118. The SMILES string of the molecule is COc1ccc(C(=O)c2cc3cc(C)n(CCCNC(C)=O)c3s2)cc1. The standard InChI is InChI=1S/C20H22N2O3S/c1-13-11-16-12-18(19(24)15-5-7-17(25-3)8-6-15)26-20(16)22(13)10-4-9-21-14(2)23/h5-8,11-12H,4,9-10H2,1-3H3,(H,21,23). The number of hydrogen-bond acceptors (Lipinski definition) is 4. The zero-order valence-electron chi connectivity index (χ0n) is 15.2. The Morgan fingerprint density at radius 3 is 2.58 bits per heavy atom. The van der Waals surface area contributed by atoms with E-state index in [-0.39, 0.29) is 11.7 Å². The lowest BCUT2D eigenvalue weighted by atomic mass is 10.1. The number of methoxy groups -OCH3 is 1. The van der Waals surface area contributed by atoms with Crippen molar-refractivity contribution >= 4 is 33.2 Å². The third-order valence-electron chi connectivity index (χ3n) is 4.28. The first kappa shape index (κ1) is 18.2. The number of carbonyl (C=O) groups excluding carboxylic acids is 2. The van der Waals surface area contributed by atoms with Crippen LogP contribution in [0.5, 0.6) is 5.75 Å². The zero-order valence-corrected chi connectivity index (χ0v) is 16.0. The minimum absolute atomic E-state index is 0.0112. The Labute approximate surface area is 156 Å². The van der Waals surface area contributed by atoms with Crippen molar-refractivity contribution in [1.82, 2.24) is 9.88 Å². The number of nitrogens with zero attached hydrogens (tertiary/aromatic N) is 1. The second kappa shape index (κ2) is 7.74. The van der Waals surface area contributed by atoms with Crippen LogP contribution < -0.4 is 10.1 Å². The molecule has 26 heavy (non-hydrogen) atoms. The van der Waals surface area contributed by atoms with Crippen LogP contribution in [0.15, 0.2) is 36.4 Å². The number of fused-ring (bicyclic) bond motifs is 1. The van der Waals surface area contributed by atoms with Crippen LogP contribution in [0.4, 0.5) is 0 Å². The summed E-state index contributed by atoms with van der Waals surface area (Å²) in [5.41, 5.74) is 1.82. The highest BCUT2D eigenvalue weighted by atomic mass is 32.1. The molecule has 2 aromatic heterocycles. The van der Waals surface area contributed by atoms with E-state index in [9.17, 15) is 9.59 Å². The van der Waals surface area contributed by atoms with Gasteiger partial charge in [-0.05, 0) is 49.7 Å². The predicted molar refractivity (Wildman–Crippen MR) is 104 cm³/mol. The van der Waals surface area contributed by atoms with E-state index < -0.39 is 0 Å². The lowest BCUT2D eigenvalue weighted by Gasteiger charge is -2.07. The van der Waals surface area contributed by atoms with Crippen molar-refractivity contribution in [2.24, 2.45) is 0 Å². The highest BCUT2D eigenvalue weighted by molar-refractivity contribution is 7.20. The van der Waals surface area contributed by atoms with E-state index in [4.69, 9.17) is 4.74 Å². The van der Waals surface area contributed by atoms with Crippen molar-refractivity contribution in [2.75, 3.05) is 13.7 Å². The van der Waals surface area contributed by atoms with Crippen LogP contribution in [0.1, 0.15) is 34.3 Å². The number of rotatable bonds is 7. The highest BCUT2D eigenvalue weighted by Crippen LogP contribution is 2.31. The third-order valence-corrected chi connectivity index (χ3v) is 5.46. The smallest absolute Gasteiger partial charge is 0.216 e. The Morgan fingerprint density at radius 2 is 1.92 bits per heavy atom. The fourth-order valence-electron chi connectivity index (χ4n) is 2.95. The fraction of sp³-hybridized carbons (Fsp3) is 0.300. The molecule has 1 amide bonds. The van der Waals surface area contributed by atoms with Crippen LogP contribution in [0.25, 0.3) is 10.2 Å². The maximum absolute atomic E-state index is 12.8. The number of aromatic nitrogens is 1. The van der Waals surface area contributed by atoms with E-state index in [1.54, 1.807) is 31.4 Å². The first-order chi connectivity index (χ1) is 12.5. The Morgan fingerprint density at radius 1 is 1.19 bits per heavy atom. The minimum Gasteiger partial charge on any atom is -0.497 e. The molecular formula is C20H22N2O3S. The van der Waals surface area contributed by atoms with Crippen molar-refractivity contribution in [2.45, 2.75) is 26.8 Å². The molecule has 6 heteroatoms. The van der Waals surface area contributed by atoms with Crippen LogP contribution in [0.3, 0.4) is 0 Å². The van der Waals surface area contributed by atoms with Gasteiger partial charge in [0.25, 0.3) is 0 Å². The molecule has 2 heterocycles. The van der Waals surface area contributed by atoms with Gasteiger partial charge in [0.2, 0.25) is 11.7 Å². The number of thiophene rings is 1. The lowest BCUT2D eigenvalue weighted by Crippen LogP contribution is -2.22. The number of benzene rings is 1. The second-order valence-corrected chi connectivity index (χ2v) is 7.23. The molecule has 0 spiro atoms. The van der Waals surface area contributed by atoms with Crippen molar-refractivity contribution in [3.05, 3.63) is 52.5 Å². The summed E-state index contributed by atoms with van der Waals surface area (Å²) in [5, 5.41) is 3.90. The largest absolute Gasteiger partial charge is 0.497 e. The first-order valence-electron chi connectivity index (χ1n) is 8.52. The topological polar surface area (TPSA) is 60.3 Å². The van der Waals surface area contributed by atoms with Gasteiger partial charge < -0.3 is 14.6 Å². The molecule has 0 saturated carbocycles. The molecular weight excluding hydrogens is 348 g/mol. The number of amides is 1. The fourth-order valence-corrected chi connectivity index (χ4v) is 4.13. The van der Waals surface area contributed by atoms with Crippen molar-refractivity contribution in [3.8, 4) is 5.75 Å². The maximum Gasteiger partial charge on any atom is 0.216 e. The summed E-state index contributed by atoms with van der Waals surface area (Å²) in [5.74, 6) is 0.748. The molecule has 3 rings (SSSR count). The van der Waals surface area contributed by atoms with Crippen LogP contribution in [-0.2, 0) is 11.3 Å². The quantitative estimate of drug-likeness (QED) is 0.509. The van der Waals surface area contributed by atoms with E-state index in [2.05, 4.69) is 22.9 Å². The van der Waals surface area contributed by atoms with Crippen molar-refractivity contribution in [1.29, 1.82) is 0 Å². The molecule has 0 unspecified atom stereocenters. The average Bonchev–Trinajstić information content (AvgIpc) is 3.15. The number of hydrogen-bond donors (Lipinski definition) is 1. The maximum atomic E-state index is 12.8. The van der Waals surface area contributed by atoms with Gasteiger partial charge in [-0.2, -0.15) is 0 Å². The molecule has 1 aromatic carbocycles. The van der Waals surface area contributed by atoms with Crippen LogP contribution in [0.2, 0.25) is 0 Å². The molecule has 5 nitrogen and oxygen atoms in total. The normalized spacial score (nSPS) is 10.9.